The maximum Gasteiger partial charge on any atom is 0.337 e. The van der Waals surface area contributed by atoms with Gasteiger partial charge in [-0.3, -0.25) is 4.79 Å². The van der Waals surface area contributed by atoms with E-state index in [1.807, 2.05) is 0 Å². The number of ether oxygens (including phenoxy) is 1. The third kappa shape index (κ3) is 4.42. The van der Waals surface area contributed by atoms with Gasteiger partial charge in [0.25, 0.3) is 0 Å². The van der Waals surface area contributed by atoms with Crippen LogP contribution in [0.4, 0.5) is 0 Å². The molecule has 0 aliphatic heterocycles. The van der Waals surface area contributed by atoms with Crippen molar-refractivity contribution in [2.45, 2.75) is 32.6 Å². The average molecular weight is 338 g/mol. The molecular weight excluding hydrogens is 316 g/mol. The molecule has 0 saturated heterocycles. The molecule has 9 heteroatoms. The number of allylic oxidation sites excluding steroid dienone is 2. The molecule has 1 aromatic heterocycles. The monoisotopic (exact) mass is 338 g/mol. The van der Waals surface area contributed by atoms with Crippen molar-refractivity contribution in [2.24, 2.45) is 0 Å². The van der Waals surface area contributed by atoms with E-state index >= 15 is 0 Å². The van der Waals surface area contributed by atoms with E-state index in [0.29, 0.717) is 4.57 Å². The zero-order valence-electron chi connectivity index (χ0n) is 13.9. The van der Waals surface area contributed by atoms with Gasteiger partial charge in [0, 0.05) is 13.2 Å². The molecule has 0 aromatic carbocycles. The van der Waals surface area contributed by atoms with E-state index < -0.39 is 29.5 Å². The summed E-state index contributed by atoms with van der Waals surface area (Å²) in [6, 6.07) is -0.285. The normalized spacial score (nSPS) is 11.8. The van der Waals surface area contributed by atoms with Crippen LogP contribution in [0.1, 0.15) is 6.92 Å². The van der Waals surface area contributed by atoms with Crippen molar-refractivity contribution < 1.29 is 9.53 Å². The summed E-state index contributed by atoms with van der Waals surface area (Å²) in [6.45, 7) is 8.32. The van der Waals surface area contributed by atoms with Gasteiger partial charge in [0.15, 0.2) is 0 Å². The predicted molar refractivity (Wildman–Crippen MR) is 89.1 cm³/mol. The van der Waals surface area contributed by atoms with Crippen LogP contribution in [-0.4, -0.2) is 39.4 Å². The lowest BCUT2D eigenvalue weighted by molar-refractivity contribution is -0.122. The molecule has 0 radical (unpaired) electrons. The Morgan fingerprint density at radius 2 is 1.54 bits per heavy atom. The van der Waals surface area contributed by atoms with Crippen LogP contribution in [0.5, 0.6) is 0 Å². The Morgan fingerprint density at radius 1 is 1.08 bits per heavy atom. The van der Waals surface area contributed by atoms with Crippen LogP contribution in [0.25, 0.3) is 0 Å². The van der Waals surface area contributed by atoms with Crippen LogP contribution < -0.4 is 22.4 Å². The third-order valence-electron chi connectivity index (χ3n) is 3.13. The molecule has 1 aromatic rings. The molecule has 0 bridgehead atoms. The molecule has 1 atom stereocenters. The topological polar surface area (TPSA) is 104 Å². The lowest BCUT2D eigenvalue weighted by atomic mass is 10.3. The number of hydrogen-bond acceptors (Lipinski definition) is 5. The van der Waals surface area contributed by atoms with Crippen molar-refractivity contribution >= 4 is 5.91 Å². The molecule has 24 heavy (non-hydrogen) atoms. The zero-order valence-corrected chi connectivity index (χ0v) is 13.9. The summed E-state index contributed by atoms with van der Waals surface area (Å²) in [6.07, 6.45) is 2.72. The Bertz CT molecular complexity index is 738. The van der Waals surface area contributed by atoms with Crippen molar-refractivity contribution in [1.82, 2.24) is 19.0 Å². The fraction of sp³-hybridized carbons (Fsp3) is 0.467. The molecule has 1 unspecified atom stereocenters. The molecule has 1 heterocycles. The van der Waals surface area contributed by atoms with Gasteiger partial charge in [0.05, 0.1) is 19.7 Å². The smallest absolute Gasteiger partial charge is 0.337 e. The Hall–Kier alpha value is -2.68. The van der Waals surface area contributed by atoms with Crippen LogP contribution in [-0.2, 0) is 29.2 Å². The second-order valence-corrected chi connectivity index (χ2v) is 5.16. The number of amides is 1. The molecule has 1 amide bonds. The van der Waals surface area contributed by atoms with Gasteiger partial charge in [-0.1, -0.05) is 12.2 Å². The average Bonchev–Trinajstić information content (AvgIpc) is 2.52. The van der Waals surface area contributed by atoms with Crippen LogP contribution in [0.15, 0.2) is 39.7 Å². The van der Waals surface area contributed by atoms with Crippen molar-refractivity contribution in [3.8, 4) is 0 Å². The maximum absolute atomic E-state index is 12.3. The summed E-state index contributed by atoms with van der Waals surface area (Å²) in [7, 11) is 1.49. The number of methoxy groups -OCH3 is 1. The fourth-order valence-corrected chi connectivity index (χ4v) is 2.14. The standard InChI is InChI=1S/C15H22N4O5/c1-5-7-17-13(21)18(8-6-2)15(23)19(14(17)22)9-12(20)16-11(3)10-24-4/h5-6,11H,1-2,7-10H2,3-4H3,(H,16,20). The van der Waals surface area contributed by atoms with Gasteiger partial charge < -0.3 is 10.1 Å². The minimum atomic E-state index is -0.861. The molecule has 1 N–H and O–H groups in total. The first kappa shape index (κ1) is 19.4. The number of hydrogen-bond donors (Lipinski definition) is 1. The highest BCUT2D eigenvalue weighted by atomic mass is 16.5. The largest absolute Gasteiger partial charge is 0.383 e. The van der Waals surface area contributed by atoms with Gasteiger partial charge in [-0.05, 0) is 6.92 Å². The van der Waals surface area contributed by atoms with Crippen molar-refractivity contribution in [3.63, 3.8) is 0 Å². The van der Waals surface area contributed by atoms with E-state index in [4.69, 9.17) is 4.74 Å². The Kier molecular flexibility index (Phi) is 7.12. The second-order valence-electron chi connectivity index (χ2n) is 5.16. The van der Waals surface area contributed by atoms with Gasteiger partial charge in [-0.2, -0.15) is 0 Å². The molecule has 1 rings (SSSR count). The third-order valence-corrected chi connectivity index (χ3v) is 3.13. The number of carbonyl (C=O) groups excluding carboxylic acids is 1. The first-order chi connectivity index (χ1) is 11.4. The minimum Gasteiger partial charge on any atom is -0.383 e. The number of rotatable bonds is 9. The molecule has 0 saturated carbocycles. The summed E-state index contributed by atoms with van der Waals surface area (Å²) < 4.78 is 7.29. The van der Waals surface area contributed by atoms with Gasteiger partial charge >= 0.3 is 17.1 Å². The van der Waals surface area contributed by atoms with Crippen LogP contribution in [0, 0.1) is 0 Å². The SMILES string of the molecule is C=CCn1c(=O)n(CC=C)c(=O)n(CC(=O)NC(C)COC)c1=O. The Labute approximate surface area is 138 Å². The van der Waals surface area contributed by atoms with E-state index in [9.17, 15) is 19.2 Å². The molecular formula is C15H22N4O5. The van der Waals surface area contributed by atoms with Gasteiger partial charge in [0.1, 0.15) is 6.54 Å². The summed E-state index contributed by atoms with van der Waals surface area (Å²) in [5, 5.41) is 2.60. The highest BCUT2D eigenvalue weighted by Crippen LogP contribution is 1.85. The highest BCUT2D eigenvalue weighted by molar-refractivity contribution is 5.75. The van der Waals surface area contributed by atoms with Crippen LogP contribution in [0.3, 0.4) is 0 Å². The summed E-state index contributed by atoms with van der Waals surface area (Å²) in [4.78, 5) is 48.9. The van der Waals surface area contributed by atoms with Crippen LogP contribution >= 0.6 is 0 Å². The Morgan fingerprint density at radius 3 is 1.96 bits per heavy atom. The fourth-order valence-electron chi connectivity index (χ4n) is 2.14. The molecule has 0 fully saturated rings. The van der Waals surface area contributed by atoms with Gasteiger partial charge in [-0.25, -0.2) is 28.1 Å². The van der Waals surface area contributed by atoms with Crippen molar-refractivity contribution in [1.29, 1.82) is 0 Å². The number of carbonyl (C=O) groups is 1. The van der Waals surface area contributed by atoms with Gasteiger partial charge in [-0.15, -0.1) is 13.2 Å². The van der Waals surface area contributed by atoms with E-state index in [1.54, 1.807) is 6.92 Å². The summed E-state index contributed by atoms with van der Waals surface area (Å²) >= 11 is 0. The van der Waals surface area contributed by atoms with Crippen molar-refractivity contribution in [3.05, 3.63) is 56.8 Å². The van der Waals surface area contributed by atoms with E-state index in [2.05, 4.69) is 18.5 Å². The maximum atomic E-state index is 12.3. The van der Waals surface area contributed by atoms with E-state index in [1.165, 1.54) is 19.3 Å². The zero-order chi connectivity index (χ0) is 18.3. The first-order valence-electron chi connectivity index (χ1n) is 7.31. The molecule has 0 aliphatic rings. The number of nitrogens with one attached hydrogen (secondary N) is 1. The lowest BCUT2D eigenvalue weighted by Crippen LogP contribution is -2.56. The van der Waals surface area contributed by atoms with E-state index in [0.717, 1.165) is 9.13 Å². The number of aromatic nitrogens is 3. The second kappa shape index (κ2) is 8.82. The molecule has 9 nitrogen and oxygen atoms in total. The summed E-state index contributed by atoms with van der Waals surface area (Å²) in [5.74, 6) is -0.535. The number of nitrogens with zero attached hydrogens (tertiary/aromatic N) is 3. The van der Waals surface area contributed by atoms with Gasteiger partial charge in [0.2, 0.25) is 5.91 Å². The van der Waals surface area contributed by atoms with Crippen molar-refractivity contribution in [2.75, 3.05) is 13.7 Å². The predicted octanol–water partition coefficient (Wildman–Crippen LogP) is -1.31. The van der Waals surface area contributed by atoms with E-state index in [-0.39, 0.29) is 25.7 Å². The molecule has 0 aliphatic carbocycles. The minimum absolute atomic E-state index is 0.0726. The highest BCUT2D eigenvalue weighted by Gasteiger charge is 2.17. The first-order valence-corrected chi connectivity index (χ1v) is 7.31. The lowest BCUT2D eigenvalue weighted by Gasteiger charge is -2.15. The molecule has 0 spiro atoms. The summed E-state index contributed by atoms with van der Waals surface area (Å²) in [5.41, 5.74) is -2.49. The molecule has 132 valence electrons. The quantitative estimate of drug-likeness (QED) is 0.563. The Balaban J connectivity index is 3.32. The van der Waals surface area contributed by atoms with Crippen LogP contribution in [0.2, 0.25) is 0 Å².